The number of hydrogen-bond donors (Lipinski definition) is 1. The van der Waals surface area contributed by atoms with Crippen molar-refractivity contribution < 1.29 is 18.3 Å². The average Bonchev–Trinajstić information content (AvgIpc) is 2.57. The van der Waals surface area contributed by atoms with E-state index in [1.165, 1.54) is 11.8 Å². The Bertz CT molecular complexity index is 376. The van der Waals surface area contributed by atoms with Crippen LogP contribution >= 0.6 is 11.8 Å². The number of sulfone groups is 1. The molecule has 1 N–H and O–H groups in total. The molecule has 0 aromatic carbocycles. The molecule has 2 aliphatic rings. The third-order valence-electron chi connectivity index (χ3n) is 3.27. The Morgan fingerprint density at radius 1 is 1.47 bits per heavy atom. The van der Waals surface area contributed by atoms with E-state index in [2.05, 4.69) is 0 Å². The van der Waals surface area contributed by atoms with Gasteiger partial charge in [-0.25, -0.2) is 8.42 Å². The highest BCUT2D eigenvalue weighted by Crippen LogP contribution is 2.51. The van der Waals surface area contributed by atoms with Gasteiger partial charge in [0.05, 0.1) is 11.7 Å². The summed E-state index contributed by atoms with van der Waals surface area (Å²) in [5.41, 5.74) is 0. The lowest BCUT2D eigenvalue weighted by Gasteiger charge is -2.32. The highest BCUT2D eigenvalue weighted by atomic mass is 32.3. The molecular weight excluding hydrogens is 236 g/mol. The number of thioether (sulfide) groups is 1. The Balaban J connectivity index is 2.24. The summed E-state index contributed by atoms with van der Waals surface area (Å²) in [6.45, 7) is 0. The lowest BCUT2D eigenvalue weighted by Crippen LogP contribution is -2.38. The summed E-state index contributed by atoms with van der Waals surface area (Å²) in [6.07, 6.45) is 2.01. The standard InChI is InChI=1S/C9H14O4S2/c10-8(11)7-2-3-9(6-7)14-4-1-5-15(9,12)13/h7H,1-6H2,(H,10,11)/t7-,9+/m0/s1. The van der Waals surface area contributed by atoms with Gasteiger partial charge in [0, 0.05) is 0 Å². The summed E-state index contributed by atoms with van der Waals surface area (Å²) in [5, 5.41) is 8.89. The first-order chi connectivity index (χ1) is 6.97. The second-order valence-corrected chi connectivity index (χ2v) is 8.37. The first-order valence-corrected chi connectivity index (χ1v) is 7.70. The minimum atomic E-state index is -3.09. The van der Waals surface area contributed by atoms with Gasteiger partial charge >= 0.3 is 5.97 Å². The van der Waals surface area contributed by atoms with Crippen LogP contribution in [0.5, 0.6) is 0 Å². The van der Waals surface area contributed by atoms with Crippen LogP contribution in [0, 0.1) is 5.92 Å². The number of hydrogen-bond acceptors (Lipinski definition) is 4. The fourth-order valence-corrected chi connectivity index (χ4v) is 6.80. The molecule has 1 saturated heterocycles. The van der Waals surface area contributed by atoms with Crippen LogP contribution in [0.15, 0.2) is 0 Å². The van der Waals surface area contributed by atoms with Crippen LogP contribution in [0.25, 0.3) is 0 Å². The van der Waals surface area contributed by atoms with Crippen LogP contribution in [0.2, 0.25) is 0 Å². The van der Waals surface area contributed by atoms with Gasteiger partial charge in [-0.2, -0.15) is 0 Å². The normalized spacial score (nSPS) is 39.3. The van der Waals surface area contributed by atoms with Gasteiger partial charge in [0.25, 0.3) is 0 Å². The van der Waals surface area contributed by atoms with E-state index in [4.69, 9.17) is 5.11 Å². The number of carboxylic acids is 1. The molecule has 2 rings (SSSR count). The first-order valence-electron chi connectivity index (χ1n) is 5.06. The smallest absolute Gasteiger partial charge is 0.306 e. The van der Waals surface area contributed by atoms with Crippen molar-refractivity contribution in [3.63, 3.8) is 0 Å². The Kier molecular flexibility index (Phi) is 2.75. The molecule has 15 heavy (non-hydrogen) atoms. The number of carbonyl (C=O) groups is 1. The highest BCUT2D eigenvalue weighted by molar-refractivity contribution is 8.15. The average molecular weight is 250 g/mol. The van der Waals surface area contributed by atoms with Gasteiger partial charge in [-0.1, -0.05) is 0 Å². The second-order valence-electron chi connectivity index (χ2n) is 4.21. The Morgan fingerprint density at radius 3 is 2.73 bits per heavy atom. The van der Waals surface area contributed by atoms with E-state index in [-0.39, 0.29) is 5.75 Å². The maximum Gasteiger partial charge on any atom is 0.306 e. The molecular formula is C9H14O4S2. The summed E-state index contributed by atoms with van der Waals surface area (Å²) in [6, 6.07) is 0. The topological polar surface area (TPSA) is 71.4 Å². The van der Waals surface area contributed by atoms with E-state index >= 15 is 0 Å². The van der Waals surface area contributed by atoms with Crippen LogP contribution in [0.1, 0.15) is 25.7 Å². The molecule has 2 atom stereocenters. The number of rotatable bonds is 1. The monoisotopic (exact) mass is 250 g/mol. The Labute approximate surface area is 93.4 Å². The second kappa shape index (κ2) is 3.66. The molecule has 1 aliphatic heterocycles. The SMILES string of the molecule is O=C(O)[C@H]1CC[C@@]2(C1)SCCCS2(=O)=O. The Morgan fingerprint density at radius 2 is 2.20 bits per heavy atom. The molecule has 1 spiro atoms. The van der Waals surface area contributed by atoms with E-state index in [1.807, 2.05) is 0 Å². The van der Waals surface area contributed by atoms with Crippen molar-refractivity contribution in [3.8, 4) is 0 Å². The van der Waals surface area contributed by atoms with Gasteiger partial charge in [-0.15, -0.1) is 11.8 Å². The van der Waals surface area contributed by atoms with Crippen LogP contribution in [-0.2, 0) is 14.6 Å². The fourth-order valence-electron chi connectivity index (χ4n) is 2.38. The Hall–Kier alpha value is -0.230. The van der Waals surface area contributed by atoms with Crippen LogP contribution < -0.4 is 0 Å². The molecule has 4 nitrogen and oxygen atoms in total. The minimum absolute atomic E-state index is 0.229. The molecule has 0 aromatic heterocycles. The maximum absolute atomic E-state index is 12.0. The van der Waals surface area contributed by atoms with E-state index < -0.39 is 25.8 Å². The van der Waals surface area contributed by atoms with Crippen molar-refractivity contribution in [1.82, 2.24) is 0 Å². The molecule has 0 aromatic rings. The van der Waals surface area contributed by atoms with Crippen LogP contribution in [0.3, 0.4) is 0 Å². The molecule has 2 fully saturated rings. The van der Waals surface area contributed by atoms with Crippen molar-refractivity contribution in [2.24, 2.45) is 5.92 Å². The van der Waals surface area contributed by atoms with Crippen LogP contribution in [-0.4, -0.2) is 35.1 Å². The van der Waals surface area contributed by atoms with E-state index in [9.17, 15) is 13.2 Å². The summed E-state index contributed by atoms with van der Waals surface area (Å²) in [7, 11) is -3.09. The lowest BCUT2D eigenvalue weighted by atomic mass is 10.1. The maximum atomic E-state index is 12.0. The molecule has 0 amide bonds. The molecule has 6 heteroatoms. The summed E-state index contributed by atoms with van der Waals surface area (Å²) in [5.74, 6) is -0.253. The predicted octanol–water partition coefficient (Wildman–Crippen LogP) is 1.12. The summed E-state index contributed by atoms with van der Waals surface area (Å²) < 4.78 is 23.2. The van der Waals surface area contributed by atoms with Crippen molar-refractivity contribution in [3.05, 3.63) is 0 Å². The minimum Gasteiger partial charge on any atom is -0.481 e. The predicted molar refractivity (Wildman–Crippen MR) is 58.6 cm³/mol. The van der Waals surface area contributed by atoms with Gasteiger partial charge in [-0.3, -0.25) is 4.79 Å². The molecule has 86 valence electrons. The number of aliphatic carboxylic acids is 1. The van der Waals surface area contributed by atoms with Crippen molar-refractivity contribution >= 4 is 27.6 Å². The highest BCUT2D eigenvalue weighted by Gasteiger charge is 2.52. The fraction of sp³-hybridized carbons (Fsp3) is 0.889. The molecule has 0 radical (unpaired) electrons. The van der Waals surface area contributed by atoms with Gasteiger partial charge in [0.2, 0.25) is 0 Å². The lowest BCUT2D eigenvalue weighted by molar-refractivity contribution is -0.141. The summed E-state index contributed by atoms with van der Waals surface area (Å²) in [4.78, 5) is 10.8. The molecule has 1 aliphatic carbocycles. The zero-order valence-corrected chi connectivity index (χ0v) is 9.94. The zero-order chi connectivity index (χ0) is 11.1. The number of carboxylic acid groups (broad SMARTS) is 1. The van der Waals surface area contributed by atoms with Crippen molar-refractivity contribution in [1.29, 1.82) is 0 Å². The molecule has 1 heterocycles. The molecule has 0 unspecified atom stereocenters. The third kappa shape index (κ3) is 1.78. The van der Waals surface area contributed by atoms with Gasteiger partial charge < -0.3 is 5.11 Å². The zero-order valence-electron chi connectivity index (χ0n) is 8.31. The van der Waals surface area contributed by atoms with Gasteiger partial charge in [0.15, 0.2) is 9.84 Å². The van der Waals surface area contributed by atoms with Gasteiger partial charge in [0.1, 0.15) is 4.08 Å². The molecule has 1 saturated carbocycles. The first kappa shape index (κ1) is 11.3. The van der Waals surface area contributed by atoms with E-state index in [0.717, 1.165) is 5.75 Å². The van der Waals surface area contributed by atoms with Crippen molar-refractivity contribution in [2.45, 2.75) is 29.8 Å². The quantitative estimate of drug-likeness (QED) is 0.755. The third-order valence-corrected chi connectivity index (χ3v) is 8.11. The van der Waals surface area contributed by atoms with E-state index in [1.54, 1.807) is 0 Å². The molecule has 0 bridgehead atoms. The summed E-state index contributed by atoms with van der Waals surface area (Å²) >= 11 is 1.45. The van der Waals surface area contributed by atoms with Crippen molar-refractivity contribution in [2.75, 3.05) is 11.5 Å². The van der Waals surface area contributed by atoms with Gasteiger partial charge in [-0.05, 0) is 31.4 Å². The van der Waals surface area contributed by atoms with E-state index in [0.29, 0.717) is 25.7 Å². The largest absolute Gasteiger partial charge is 0.481 e. The van der Waals surface area contributed by atoms with Crippen LogP contribution in [0.4, 0.5) is 0 Å².